The molecule has 1 aromatic carbocycles. The Balaban J connectivity index is 1.88. The first-order chi connectivity index (χ1) is 8.73. The molecule has 1 aliphatic carbocycles. The van der Waals surface area contributed by atoms with E-state index in [2.05, 4.69) is 0 Å². The van der Waals surface area contributed by atoms with Crippen LogP contribution >= 0.6 is 11.6 Å². The molecule has 1 saturated carbocycles. The maximum absolute atomic E-state index is 11.6. The maximum Gasteiger partial charge on any atom is 0.230 e. The Morgan fingerprint density at radius 2 is 1.83 bits per heavy atom. The summed E-state index contributed by atoms with van der Waals surface area (Å²) in [6.07, 6.45) is 5.08. The minimum Gasteiger partial charge on any atom is -0.376 e. The fourth-order valence-corrected chi connectivity index (χ4v) is 2.81. The Morgan fingerprint density at radius 3 is 2.44 bits per heavy atom. The Bertz CT molecular complexity index is 383. The van der Waals surface area contributed by atoms with E-state index >= 15 is 0 Å². The van der Waals surface area contributed by atoms with E-state index in [1.165, 1.54) is 6.42 Å². The lowest BCUT2D eigenvalue weighted by atomic mass is 9.76. The van der Waals surface area contributed by atoms with Crippen LogP contribution in [0.25, 0.3) is 0 Å². The van der Waals surface area contributed by atoms with Gasteiger partial charge in [-0.15, -0.1) is 0 Å². The third-order valence-electron chi connectivity index (χ3n) is 3.72. The van der Waals surface area contributed by atoms with Crippen molar-refractivity contribution in [3.05, 3.63) is 35.9 Å². The molecule has 98 valence electrons. The van der Waals surface area contributed by atoms with Crippen molar-refractivity contribution in [1.29, 1.82) is 0 Å². The van der Waals surface area contributed by atoms with Gasteiger partial charge in [-0.05, 0) is 30.0 Å². The van der Waals surface area contributed by atoms with E-state index in [-0.39, 0.29) is 5.24 Å². The summed E-state index contributed by atoms with van der Waals surface area (Å²) < 4.78 is 5.72. The number of hydrogen-bond acceptors (Lipinski definition) is 2. The van der Waals surface area contributed by atoms with Gasteiger partial charge in [0.25, 0.3) is 0 Å². The van der Waals surface area contributed by atoms with Crippen LogP contribution in [-0.4, -0.2) is 11.8 Å². The Morgan fingerprint density at radius 1 is 1.17 bits per heavy atom. The molecule has 0 radical (unpaired) electrons. The van der Waals surface area contributed by atoms with Gasteiger partial charge in [-0.2, -0.15) is 0 Å². The van der Waals surface area contributed by atoms with Gasteiger partial charge in [0, 0.05) is 0 Å². The number of benzene rings is 1. The van der Waals surface area contributed by atoms with E-state index in [9.17, 15) is 4.79 Å². The van der Waals surface area contributed by atoms with Crippen molar-refractivity contribution in [3.8, 4) is 0 Å². The summed E-state index contributed by atoms with van der Waals surface area (Å²) in [5, 5.41) is -0.227. The zero-order valence-electron chi connectivity index (χ0n) is 10.5. The first kappa shape index (κ1) is 13.6. The molecule has 0 unspecified atom stereocenters. The largest absolute Gasteiger partial charge is 0.376 e. The van der Waals surface area contributed by atoms with Crippen LogP contribution in [0.5, 0.6) is 0 Å². The highest BCUT2D eigenvalue weighted by Gasteiger charge is 2.38. The minimum atomic E-state index is -0.436. The summed E-state index contributed by atoms with van der Waals surface area (Å²) in [7, 11) is 0. The van der Waals surface area contributed by atoms with Crippen molar-refractivity contribution in [2.24, 2.45) is 5.41 Å². The molecule has 2 nitrogen and oxygen atoms in total. The number of carbonyl (C=O) groups is 1. The van der Waals surface area contributed by atoms with E-state index in [1.807, 2.05) is 30.3 Å². The van der Waals surface area contributed by atoms with Gasteiger partial charge >= 0.3 is 0 Å². The molecular weight excluding hydrogens is 248 g/mol. The molecule has 0 spiro atoms. The van der Waals surface area contributed by atoms with Crippen LogP contribution in [0.15, 0.2) is 30.3 Å². The Hall–Kier alpha value is -0.860. The van der Waals surface area contributed by atoms with E-state index in [1.54, 1.807) is 0 Å². The number of carbonyl (C=O) groups excluding carboxylic acids is 1. The fraction of sp³-hybridized carbons (Fsp3) is 0.533. The topological polar surface area (TPSA) is 26.3 Å². The molecular formula is C15H19ClO2. The summed E-state index contributed by atoms with van der Waals surface area (Å²) >= 11 is 5.78. The number of hydrogen-bond donors (Lipinski definition) is 0. The average molecular weight is 267 g/mol. The molecule has 0 atom stereocenters. The van der Waals surface area contributed by atoms with Gasteiger partial charge in [0.1, 0.15) is 0 Å². The molecule has 0 amide bonds. The van der Waals surface area contributed by atoms with Gasteiger partial charge in [0.05, 0.1) is 18.6 Å². The fourth-order valence-electron chi connectivity index (χ4n) is 2.56. The highest BCUT2D eigenvalue weighted by Crippen LogP contribution is 2.38. The van der Waals surface area contributed by atoms with E-state index in [0.717, 1.165) is 31.2 Å². The first-order valence-corrected chi connectivity index (χ1v) is 6.92. The van der Waals surface area contributed by atoms with Crippen molar-refractivity contribution >= 4 is 16.8 Å². The van der Waals surface area contributed by atoms with Gasteiger partial charge < -0.3 is 4.74 Å². The number of rotatable bonds is 5. The Kier molecular flexibility index (Phi) is 4.79. The zero-order chi connectivity index (χ0) is 12.8. The third-order valence-corrected chi connectivity index (χ3v) is 4.12. The highest BCUT2D eigenvalue weighted by atomic mass is 35.5. The summed E-state index contributed by atoms with van der Waals surface area (Å²) in [4.78, 5) is 11.6. The van der Waals surface area contributed by atoms with Crippen molar-refractivity contribution in [1.82, 2.24) is 0 Å². The average Bonchev–Trinajstić information content (AvgIpc) is 2.41. The van der Waals surface area contributed by atoms with E-state index in [0.29, 0.717) is 13.2 Å². The molecule has 1 aromatic rings. The lowest BCUT2D eigenvalue weighted by molar-refractivity contribution is -0.127. The smallest absolute Gasteiger partial charge is 0.230 e. The molecule has 1 aliphatic rings. The van der Waals surface area contributed by atoms with E-state index < -0.39 is 5.41 Å². The Labute approximate surface area is 113 Å². The molecule has 2 rings (SSSR count). The minimum absolute atomic E-state index is 0.227. The standard InChI is InChI=1S/C15H19ClO2/c16-14(17)15(9-5-2-6-10-15)12-18-11-13-7-3-1-4-8-13/h1,3-4,7-8H,2,5-6,9-12H2. The highest BCUT2D eigenvalue weighted by molar-refractivity contribution is 6.64. The third kappa shape index (κ3) is 3.33. The quantitative estimate of drug-likeness (QED) is 0.755. The zero-order valence-corrected chi connectivity index (χ0v) is 11.3. The first-order valence-electron chi connectivity index (χ1n) is 6.55. The summed E-state index contributed by atoms with van der Waals surface area (Å²) in [6, 6.07) is 10.0. The summed E-state index contributed by atoms with van der Waals surface area (Å²) in [5.41, 5.74) is 0.694. The van der Waals surface area contributed by atoms with Crippen molar-refractivity contribution < 1.29 is 9.53 Å². The van der Waals surface area contributed by atoms with Crippen LogP contribution in [0, 0.1) is 5.41 Å². The molecule has 0 aromatic heterocycles. The second-order valence-electron chi connectivity index (χ2n) is 5.09. The summed E-state index contributed by atoms with van der Waals surface area (Å²) in [6.45, 7) is 0.997. The van der Waals surface area contributed by atoms with Crippen LogP contribution in [0.1, 0.15) is 37.7 Å². The van der Waals surface area contributed by atoms with Crippen molar-refractivity contribution in [3.63, 3.8) is 0 Å². The van der Waals surface area contributed by atoms with Gasteiger partial charge in [-0.1, -0.05) is 49.6 Å². The second kappa shape index (κ2) is 6.35. The predicted octanol–water partition coefficient (Wildman–Crippen LogP) is 3.92. The molecule has 0 N–H and O–H groups in total. The van der Waals surface area contributed by atoms with Crippen molar-refractivity contribution in [2.75, 3.05) is 6.61 Å². The number of ether oxygens (including phenoxy) is 1. The van der Waals surface area contributed by atoms with Crippen molar-refractivity contribution in [2.45, 2.75) is 38.7 Å². The maximum atomic E-state index is 11.6. The predicted molar refractivity (Wildman–Crippen MR) is 72.5 cm³/mol. The summed E-state index contributed by atoms with van der Waals surface area (Å²) in [5.74, 6) is 0. The van der Waals surface area contributed by atoms with Crippen LogP contribution in [-0.2, 0) is 16.1 Å². The molecule has 0 heterocycles. The lowest BCUT2D eigenvalue weighted by Gasteiger charge is -2.33. The molecule has 18 heavy (non-hydrogen) atoms. The lowest BCUT2D eigenvalue weighted by Crippen LogP contribution is -2.35. The van der Waals surface area contributed by atoms with Crippen LogP contribution in [0.4, 0.5) is 0 Å². The van der Waals surface area contributed by atoms with Gasteiger partial charge in [0.15, 0.2) is 0 Å². The van der Waals surface area contributed by atoms with Crippen LogP contribution in [0.2, 0.25) is 0 Å². The molecule has 0 bridgehead atoms. The van der Waals surface area contributed by atoms with Gasteiger partial charge in [-0.25, -0.2) is 0 Å². The second-order valence-corrected chi connectivity index (χ2v) is 5.44. The monoisotopic (exact) mass is 266 g/mol. The number of halogens is 1. The molecule has 3 heteroatoms. The van der Waals surface area contributed by atoms with Gasteiger partial charge in [0.2, 0.25) is 5.24 Å². The van der Waals surface area contributed by atoms with Crippen LogP contribution < -0.4 is 0 Å². The SMILES string of the molecule is O=C(Cl)C1(COCc2ccccc2)CCCCC1. The molecule has 0 saturated heterocycles. The van der Waals surface area contributed by atoms with Crippen LogP contribution in [0.3, 0.4) is 0 Å². The molecule has 0 aliphatic heterocycles. The van der Waals surface area contributed by atoms with E-state index in [4.69, 9.17) is 16.3 Å². The normalized spacial score (nSPS) is 18.5. The van der Waals surface area contributed by atoms with Gasteiger partial charge in [-0.3, -0.25) is 4.79 Å². The molecule has 1 fully saturated rings.